The second kappa shape index (κ2) is 5.38. The average molecular weight is 177 g/mol. The van der Waals surface area contributed by atoms with Crippen LogP contribution in [0.15, 0.2) is 24.8 Å². The Morgan fingerprint density at radius 1 is 1.46 bits per heavy atom. The van der Waals surface area contributed by atoms with E-state index in [1.807, 2.05) is 18.2 Å². The van der Waals surface area contributed by atoms with Crippen LogP contribution in [0.4, 0.5) is 0 Å². The monoisotopic (exact) mass is 177 g/mol. The van der Waals surface area contributed by atoms with E-state index < -0.39 is 0 Å². The first-order valence-corrected chi connectivity index (χ1v) is 4.12. The Balaban J connectivity index is 2.44. The van der Waals surface area contributed by atoms with Crippen molar-refractivity contribution in [2.75, 3.05) is 20.3 Å². The molecule has 69 valence electrons. The van der Waals surface area contributed by atoms with E-state index in [9.17, 15) is 0 Å². The maximum absolute atomic E-state index is 5.33. The molecule has 0 aliphatic rings. The average Bonchev–Trinajstić information content (AvgIpc) is 2.19. The fraction of sp³-hybridized carbons (Fsp3) is 0.273. The Hall–Kier alpha value is -1.28. The first kappa shape index (κ1) is 9.81. The summed E-state index contributed by atoms with van der Waals surface area (Å²) in [7, 11) is 1.65. The van der Waals surface area contributed by atoms with Crippen molar-refractivity contribution >= 4 is 6.08 Å². The fourth-order valence-electron chi connectivity index (χ4n) is 0.874. The lowest BCUT2D eigenvalue weighted by Crippen LogP contribution is -2.03. The maximum atomic E-state index is 5.33. The summed E-state index contributed by atoms with van der Waals surface area (Å²) in [5.74, 6) is 0.739. The van der Waals surface area contributed by atoms with Gasteiger partial charge in [-0.25, -0.2) is 0 Å². The Morgan fingerprint density at radius 3 is 2.85 bits per heavy atom. The van der Waals surface area contributed by atoms with Crippen LogP contribution in [0.1, 0.15) is 5.56 Å². The molecule has 0 amide bonds. The molecule has 1 aromatic carbocycles. The van der Waals surface area contributed by atoms with Crippen LogP contribution in [-0.4, -0.2) is 20.3 Å². The van der Waals surface area contributed by atoms with E-state index in [0.29, 0.717) is 13.2 Å². The zero-order valence-corrected chi connectivity index (χ0v) is 7.75. The van der Waals surface area contributed by atoms with Gasteiger partial charge in [-0.2, -0.15) is 0 Å². The standard InChI is InChI=1S/C11H13O2/c1-3-10-4-6-11(7-5-10)13-9-8-12-2/h3-6H,1,8-9H2,2H3. The molecule has 2 nitrogen and oxygen atoms in total. The molecule has 0 heterocycles. The summed E-state index contributed by atoms with van der Waals surface area (Å²) in [6, 6.07) is 8.64. The molecule has 0 bridgehead atoms. The van der Waals surface area contributed by atoms with Crippen molar-refractivity contribution in [3.8, 4) is 5.75 Å². The molecular weight excluding hydrogens is 164 g/mol. The Morgan fingerprint density at radius 2 is 2.31 bits per heavy atom. The van der Waals surface area contributed by atoms with Gasteiger partial charge in [0.1, 0.15) is 12.4 Å². The molecule has 0 fully saturated rings. The third kappa shape index (κ3) is 3.30. The first-order chi connectivity index (χ1) is 6.36. The number of methoxy groups -OCH3 is 1. The zero-order valence-electron chi connectivity index (χ0n) is 7.75. The summed E-state index contributed by atoms with van der Waals surface area (Å²) in [6.45, 7) is 4.81. The van der Waals surface area contributed by atoms with Crippen LogP contribution in [0.5, 0.6) is 5.75 Å². The van der Waals surface area contributed by atoms with E-state index in [1.54, 1.807) is 13.2 Å². The van der Waals surface area contributed by atoms with E-state index in [-0.39, 0.29) is 0 Å². The van der Waals surface area contributed by atoms with Gasteiger partial charge in [0.25, 0.3) is 0 Å². The van der Waals surface area contributed by atoms with E-state index >= 15 is 0 Å². The highest BCUT2D eigenvalue weighted by atomic mass is 16.5. The first-order valence-electron chi connectivity index (χ1n) is 4.12. The quantitative estimate of drug-likeness (QED) is 0.641. The van der Waals surface area contributed by atoms with Crippen molar-refractivity contribution in [2.45, 2.75) is 0 Å². The number of hydrogen-bond acceptors (Lipinski definition) is 2. The molecule has 0 aliphatic carbocycles. The largest absolute Gasteiger partial charge is 0.491 e. The zero-order chi connectivity index (χ0) is 9.52. The van der Waals surface area contributed by atoms with Crippen LogP contribution in [0.2, 0.25) is 0 Å². The van der Waals surface area contributed by atoms with Gasteiger partial charge in [-0.15, -0.1) is 0 Å². The van der Waals surface area contributed by atoms with Crippen molar-refractivity contribution < 1.29 is 9.47 Å². The summed E-state index contributed by atoms with van der Waals surface area (Å²) >= 11 is 0. The molecule has 0 saturated heterocycles. The maximum Gasteiger partial charge on any atom is 0.127 e. The lowest BCUT2D eigenvalue weighted by molar-refractivity contribution is 0.146. The van der Waals surface area contributed by atoms with Gasteiger partial charge < -0.3 is 9.47 Å². The molecular formula is C11H13O2. The van der Waals surface area contributed by atoms with Gasteiger partial charge in [-0.1, -0.05) is 18.7 Å². The number of rotatable bonds is 5. The topological polar surface area (TPSA) is 18.5 Å². The second-order valence-electron chi connectivity index (χ2n) is 2.53. The lowest BCUT2D eigenvalue weighted by atomic mass is 10.2. The van der Waals surface area contributed by atoms with Gasteiger partial charge in [-0.05, 0) is 17.7 Å². The third-order valence-corrected chi connectivity index (χ3v) is 1.59. The number of benzene rings is 1. The summed E-state index contributed by atoms with van der Waals surface area (Å²) < 4.78 is 10.2. The Kier molecular flexibility index (Phi) is 4.06. The van der Waals surface area contributed by atoms with Gasteiger partial charge >= 0.3 is 0 Å². The molecule has 1 aromatic rings. The van der Waals surface area contributed by atoms with Crippen molar-refractivity contribution in [3.63, 3.8) is 0 Å². The van der Waals surface area contributed by atoms with Gasteiger partial charge in [0.05, 0.1) is 6.61 Å². The molecule has 0 spiro atoms. The van der Waals surface area contributed by atoms with Crippen LogP contribution >= 0.6 is 0 Å². The van der Waals surface area contributed by atoms with Gasteiger partial charge in [0.15, 0.2) is 0 Å². The lowest BCUT2D eigenvalue weighted by Gasteiger charge is -2.04. The Bertz CT molecular complexity index is 251. The summed E-state index contributed by atoms with van der Waals surface area (Å²) in [5.41, 5.74) is 1.04. The smallest absolute Gasteiger partial charge is 0.127 e. The third-order valence-electron chi connectivity index (χ3n) is 1.59. The molecule has 0 unspecified atom stereocenters. The van der Waals surface area contributed by atoms with Crippen LogP contribution in [-0.2, 0) is 4.74 Å². The predicted molar refractivity (Wildman–Crippen MR) is 52.7 cm³/mol. The molecule has 1 radical (unpaired) electrons. The van der Waals surface area contributed by atoms with Gasteiger partial charge in [0, 0.05) is 13.2 Å². The van der Waals surface area contributed by atoms with E-state index in [2.05, 4.69) is 12.6 Å². The van der Waals surface area contributed by atoms with Crippen molar-refractivity contribution in [1.82, 2.24) is 0 Å². The fourth-order valence-corrected chi connectivity index (χ4v) is 0.874. The number of hydrogen-bond donors (Lipinski definition) is 0. The van der Waals surface area contributed by atoms with E-state index in [4.69, 9.17) is 9.47 Å². The summed E-state index contributed by atoms with van der Waals surface area (Å²) in [5, 5.41) is 0. The summed E-state index contributed by atoms with van der Waals surface area (Å²) in [6.07, 6.45) is 1.77. The van der Waals surface area contributed by atoms with Crippen LogP contribution < -0.4 is 4.74 Å². The van der Waals surface area contributed by atoms with Gasteiger partial charge in [0.2, 0.25) is 0 Å². The van der Waals surface area contributed by atoms with E-state index in [1.165, 1.54) is 0 Å². The Labute approximate surface area is 78.8 Å². The highest BCUT2D eigenvalue weighted by molar-refractivity contribution is 5.47. The van der Waals surface area contributed by atoms with Crippen LogP contribution in [0.25, 0.3) is 6.08 Å². The predicted octanol–water partition coefficient (Wildman–Crippen LogP) is 2.15. The van der Waals surface area contributed by atoms with Gasteiger partial charge in [-0.3, -0.25) is 0 Å². The molecule has 13 heavy (non-hydrogen) atoms. The van der Waals surface area contributed by atoms with Crippen molar-refractivity contribution in [1.29, 1.82) is 0 Å². The van der Waals surface area contributed by atoms with E-state index in [0.717, 1.165) is 11.3 Å². The van der Waals surface area contributed by atoms with Crippen LogP contribution in [0.3, 0.4) is 0 Å². The molecule has 0 atom stereocenters. The highest BCUT2D eigenvalue weighted by Gasteiger charge is 1.92. The minimum absolute atomic E-state index is 0.556. The molecule has 0 saturated carbocycles. The van der Waals surface area contributed by atoms with Crippen molar-refractivity contribution in [3.05, 3.63) is 36.4 Å². The van der Waals surface area contributed by atoms with Crippen molar-refractivity contribution in [2.24, 2.45) is 0 Å². The second-order valence-corrected chi connectivity index (χ2v) is 2.53. The molecule has 0 aromatic heterocycles. The molecule has 0 aliphatic heterocycles. The minimum Gasteiger partial charge on any atom is -0.491 e. The number of ether oxygens (including phenoxy) is 2. The van der Waals surface area contributed by atoms with Crippen LogP contribution in [0, 0.1) is 6.07 Å². The molecule has 1 rings (SSSR count). The SMILES string of the molecule is C=Cc1c[c]c(OCCOC)cc1. The summed E-state index contributed by atoms with van der Waals surface area (Å²) in [4.78, 5) is 0. The molecule has 2 heteroatoms. The minimum atomic E-state index is 0.556. The highest BCUT2D eigenvalue weighted by Crippen LogP contribution is 2.11. The normalized spacial score (nSPS) is 9.62. The molecule has 0 N–H and O–H groups in total.